The van der Waals surface area contributed by atoms with Gasteiger partial charge < -0.3 is 4.74 Å². The maximum absolute atomic E-state index is 13.4. The molecule has 7 heteroatoms. The third-order valence-corrected chi connectivity index (χ3v) is 5.83. The van der Waals surface area contributed by atoms with Crippen molar-refractivity contribution in [1.29, 1.82) is 0 Å². The number of esters is 1. The predicted molar refractivity (Wildman–Crippen MR) is 140 cm³/mol. The van der Waals surface area contributed by atoms with Gasteiger partial charge in [-0.3, -0.25) is 4.79 Å². The van der Waals surface area contributed by atoms with Gasteiger partial charge in [0.2, 0.25) is 0 Å². The standard InChI is InChI=1S/C28H18BrN3O3/c29-22-16-14-19(15-17-22)26-31-24-12-6-5-11-23(24)27(33)32(26)30-18-21-10-4-7-13-25(21)35-28(34)20-8-2-1-3-9-20/h1-18H. The molecule has 0 amide bonds. The summed E-state index contributed by atoms with van der Waals surface area (Å²) in [5, 5.41) is 4.93. The summed E-state index contributed by atoms with van der Waals surface area (Å²) < 4.78 is 7.79. The second-order valence-corrected chi connectivity index (χ2v) is 8.53. The van der Waals surface area contributed by atoms with E-state index in [1.165, 1.54) is 10.9 Å². The molecule has 0 aliphatic rings. The van der Waals surface area contributed by atoms with Gasteiger partial charge in [-0.1, -0.05) is 70.5 Å². The molecule has 0 spiro atoms. The molecule has 1 heterocycles. The first-order valence-corrected chi connectivity index (χ1v) is 11.6. The Bertz CT molecular complexity index is 1610. The zero-order valence-corrected chi connectivity index (χ0v) is 19.9. The fraction of sp³-hybridized carbons (Fsp3) is 0. The Balaban J connectivity index is 1.58. The highest BCUT2D eigenvalue weighted by molar-refractivity contribution is 9.10. The summed E-state index contributed by atoms with van der Waals surface area (Å²) >= 11 is 3.44. The largest absolute Gasteiger partial charge is 0.422 e. The predicted octanol–water partition coefficient (Wildman–Crippen LogP) is 5.93. The molecule has 0 atom stereocenters. The minimum Gasteiger partial charge on any atom is -0.422 e. The number of benzene rings is 4. The molecule has 0 saturated heterocycles. The third-order valence-electron chi connectivity index (χ3n) is 5.30. The van der Waals surface area contributed by atoms with E-state index in [1.54, 1.807) is 66.7 Å². The van der Waals surface area contributed by atoms with Crippen LogP contribution in [-0.4, -0.2) is 21.8 Å². The van der Waals surface area contributed by atoms with Gasteiger partial charge in [-0.15, -0.1) is 0 Å². The van der Waals surface area contributed by atoms with Crippen LogP contribution in [0.3, 0.4) is 0 Å². The van der Waals surface area contributed by atoms with Crippen LogP contribution in [-0.2, 0) is 0 Å². The lowest BCUT2D eigenvalue weighted by molar-refractivity contribution is 0.0734. The number of para-hydroxylation sites is 2. The second kappa shape index (κ2) is 9.87. The molecule has 0 bridgehead atoms. The minimum absolute atomic E-state index is 0.302. The number of nitrogens with zero attached hydrogens (tertiary/aromatic N) is 3. The Hall–Kier alpha value is -4.36. The molecule has 5 rings (SSSR count). The summed E-state index contributed by atoms with van der Waals surface area (Å²) in [6.07, 6.45) is 1.49. The highest BCUT2D eigenvalue weighted by Gasteiger charge is 2.14. The molecular formula is C28H18BrN3O3. The van der Waals surface area contributed by atoms with Crippen LogP contribution in [0.15, 0.2) is 117 Å². The molecule has 1 aromatic heterocycles. The SMILES string of the molecule is O=C(Oc1ccccc1C=Nn1c(-c2ccc(Br)cc2)nc2ccccc2c1=O)c1ccccc1. The van der Waals surface area contributed by atoms with Gasteiger partial charge in [-0.2, -0.15) is 9.78 Å². The lowest BCUT2D eigenvalue weighted by Crippen LogP contribution is -2.20. The van der Waals surface area contributed by atoms with Gasteiger partial charge in [-0.25, -0.2) is 9.78 Å². The number of halogens is 1. The van der Waals surface area contributed by atoms with Gasteiger partial charge in [0.05, 0.1) is 22.7 Å². The quantitative estimate of drug-likeness (QED) is 0.162. The van der Waals surface area contributed by atoms with E-state index in [0.29, 0.717) is 33.6 Å². The molecule has 0 N–H and O–H groups in total. The van der Waals surface area contributed by atoms with Crippen LogP contribution in [0.5, 0.6) is 5.75 Å². The van der Waals surface area contributed by atoms with Crippen molar-refractivity contribution in [3.8, 4) is 17.1 Å². The van der Waals surface area contributed by atoms with Crippen molar-refractivity contribution in [1.82, 2.24) is 9.66 Å². The summed E-state index contributed by atoms with van der Waals surface area (Å²) in [4.78, 5) is 30.7. The molecular weight excluding hydrogens is 506 g/mol. The van der Waals surface area contributed by atoms with E-state index in [-0.39, 0.29) is 5.56 Å². The first kappa shape index (κ1) is 22.4. The summed E-state index contributed by atoms with van der Waals surface area (Å²) in [6, 6.07) is 30.4. The van der Waals surface area contributed by atoms with E-state index >= 15 is 0 Å². The Morgan fingerprint density at radius 2 is 1.54 bits per heavy atom. The average Bonchev–Trinajstić information content (AvgIpc) is 2.90. The van der Waals surface area contributed by atoms with E-state index in [4.69, 9.17) is 9.72 Å². The van der Waals surface area contributed by atoms with Crippen molar-refractivity contribution in [2.24, 2.45) is 5.10 Å². The van der Waals surface area contributed by atoms with Crippen molar-refractivity contribution < 1.29 is 9.53 Å². The molecule has 0 aliphatic heterocycles. The first-order valence-electron chi connectivity index (χ1n) is 10.8. The van der Waals surface area contributed by atoms with Crippen molar-refractivity contribution >= 4 is 39.0 Å². The number of hydrogen-bond donors (Lipinski definition) is 0. The van der Waals surface area contributed by atoms with Crippen LogP contribution < -0.4 is 10.3 Å². The van der Waals surface area contributed by atoms with E-state index < -0.39 is 5.97 Å². The monoisotopic (exact) mass is 523 g/mol. The number of hydrogen-bond acceptors (Lipinski definition) is 5. The lowest BCUT2D eigenvalue weighted by atomic mass is 10.2. The minimum atomic E-state index is -0.480. The van der Waals surface area contributed by atoms with Crippen LogP contribution in [0.1, 0.15) is 15.9 Å². The highest BCUT2D eigenvalue weighted by atomic mass is 79.9. The molecule has 0 aliphatic carbocycles. The van der Waals surface area contributed by atoms with Gasteiger partial charge in [0.25, 0.3) is 5.56 Å². The number of aromatic nitrogens is 2. The zero-order chi connectivity index (χ0) is 24.2. The Labute approximate surface area is 209 Å². The first-order chi connectivity index (χ1) is 17.1. The van der Waals surface area contributed by atoms with Gasteiger partial charge >= 0.3 is 5.97 Å². The lowest BCUT2D eigenvalue weighted by Gasteiger charge is -2.10. The molecule has 35 heavy (non-hydrogen) atoms. The maximum atomic E-state index is 13.4. The van der Waals surface area contributed by atoms with Gasteiger partial charge in [0.15, 0.2) is 5.82 Å². The summed E-state index contributed by atoms with van der Waals surface area (Å²) in [5.41, 5.74) is 1.99. The smallest absolute Gasteiger partial charge is 0.343 e. The molecule has 0 saturated carbocycles. The zero-order valence-electron chi connectivity index (χ0n) is 18.3. The summed E-state index contributed by atoms with van der Waals surface area (Å²) in [6.45, 7) is 0. The van der Waals surface area contributed by atoms with Crippen LogP contribution in [0, 0.1) is 0 Å². The number of fused-ring (bicyclic) bond motifs is 1. The third kappa shape index (κ3) is 4.81. The molecule has 0 fully saturated rings. The molecule has 0 unspecified atom stereocenters. The molecule has 5 aromatic rings. The molecule has 170 valence electrons. The van der Waals surface area contributed by atoms with Crippen LogP contribution in [0.25, 0.3) is 22.3 Å². The van der Waals surface area contributed by atoms with E-state index in [0.717, 1.165) is 10.0 Å². The van der Waals surface area contributed by atoms with E-state index in [1.807, 2.05) is 36.4 Å². The summed E-state index contributed by atoms with van der Waals surface area (Å²) in [5.74, 6) is 0.250. The van der Waals surface area contributed by atoms with Crippen LogP contribution in [0.2, 0.25) is 0 Å². The van der Waals surface area contributed by atoms with Crippen LogP contribution in [0.4, 0.5) is 0 Å². The van der Waals surface area contributed by atoms with Crippen molar-refractivity contribution in [3.63, 3.8) is 0 Å². The van der Waals surface area contributed by atoms with E-state index in [9.17, 15) is 9.59 Å². The summed E-state index contributed by atoms with van der Waals surface area (Å²) in [7, 11) is 0. The maximum Gasteiger partial charge on any atom is 0.343 e. The van der Waals surface area contributed by atoms with Gasteiger partial charge in [0, 0.05) is 15.6 Å². The molecule has 6 nitrogen and oxygen atoms in total. The number of ether oxygens (including phenoxy) is 1. The van der Waals surface area contributed by atoms with Gasteiger partial charge in [0.1, 0.15) is 5.75 Å². The normalized spacial score (nSPS) is 11.1. The Morgan fingerprint density at radius 3 is 2.34 bits per heavy atom. The highest BCUT2D eigenvalue weighted by Crippen LogP contribution is 2.22. The number of carbonyl (C=O) groups excluding carboxylic acids is 1. The van der Waals surface area contributed by atoms with Crippen molar-refractivity contribution in [2.75, 3.05) is 0 Å². The van der Waals surface area contributed by atoms with Gasteiger partial charge in [-0.05, 0) is 48.5 Å². The second-order valence-electron chi connectivity index (χ2n) is 7.61. The van der Waals surface area contributed by atoms with E-state index in [2.05, 4.69) is 21.0 Å². The number of carbonyl (C=O) groups is 1. The van der Waals surface area contributed by atoms with Crippen LogP contribution >= 0.6 is 15.9 Å². The molecule has 0 radical (unpaired) electrons. The average molecular weight is 524 g/mol. The number of rotatable bonds is 5. The fourth-order valence-corrected chi connectivity index (χ4v) is 3.81. The Kier molecular flexibility index (Phi) is 6.32. The topological polar surface area (TPSA) is 73.5 Å². The Morgan fingerprint density at radius 1 is 0.857 bits per heavy atom. The fourth-order valence-electron chi connectivity index (χ4n) is 3.55. The van der Waals surface area contributed by atoms with Crippen molar-refractivity contribution in [2.45, 2.75) is 0 Å². The molecule has 4 aromatic carbocycles. The van der Waals surface area contributed by atoms with Crippen molar-refractivity contribution in [3.05, 3.63) is 129 Å².